The number of hydrogen-bond acceptors (Lipinski definition) is 2. The van der Waals surface area contributed by atoms with Crippen LogP contribution in [-0.4, -0.2) is 13.1 Å². The fraction of sp³-hybridized carbons (Fsp3) is 0.125. The molecule has 0 atom stereocenters. The maximum absolute atomic E-state index is 13.2. The molecule has 13 heavy (non-hydrogen) atoms. The monoisotopic (exact) mass is 310 g/mol. The smallest absolute Gasteiger partial charge is 0.342 e. The Bertz CT molecular complexity index is 329. The third-order valence-electron chi connectivity index (χ3n) is 1.40. The van der Waals surface area contributed by atoms with Crippen LogP contribution in [0.1, 0.15) is 10.4 Å². The van der Waals surface area contributed by atoms with Crippen LogP contribution >= 0.6 is 31.9 Å². The van der Waals surface area contributed by atoms with Crippen LogP contribution in [0.15, 0.2) is 21.1 Å². The number of benzene rings is 1. The van der Waals surface area contributed by atoms with E-state index >= 15 is 0 Å². The zero-order valence-electron chi connectivity index (χ0n) is 6.61. The highest BCUT2D eigenvalue weighted by Gasteiger charge is 2.16. The standard InChI is InChI=1S/C8H5Br2FO2/c1-13-8(12)7-5(10)2-4(9)3-6(7)11/h2-3H,1H3. The molecular weight excluding hydrogens is 307 g/mol. The van der Waals surface area contributed by atoms with Crippen molar-refractivity contribution in [3.8, 4) is 0 Å². The molecule has 0 fully saturated rings. The van der Waals surface area contributed by atoms with Crippen molar-refractivity contribution in [2.24, 2.45) is 0 Å². The number of methoxy groups -OCH3 is 1. The molecule has 0 aliphatic carbocycles. The van der Waals surface area contributed by atoms with Crippen molar-refractivity contribution in [1.82, 2.24) is 0 Å². The van der Waals surface area contributed by atoms with Gasteiger partial charge in [0.05, 0.1) is 7.11 Å². The molecule has 0 saturated carbocycles. The molecule has 5 heteroatoms. The first kappa shape index (κ1) is 10.7. The number of rotatable bonds is 1. The number of halogens is 3. The lowest BCUT2D eigenvalue weighted by Crippen LogP contribution is -2.05. The summed E-state index contributed by atoms with van der Waals surface area (Å²) in [5, 5.41) is 0. The summed E-state index contributed by atoms with van der Waals surface area (Å²) in [5.74, 6) is -1.31. The van der Waals surface area contributed by atoms with E-state index in [0.717, 1.165) is 0 Å². The maximum Gasteiger partial charge on any atom is 0.342 e. The summed E-state index contributed by atoms with van der Waals surface area (Å²) in [6.45, 7) is 0. The molecule has 0 aliphatic heterocycles. The molecule has 0 N–H and O–H groups in total. The van der Waals surface area contributed by atoms with E-state index in [-0.39, 0.29) is 5.56 Å². The van der Waals surface area contributed by atoms with Gasteiger partial charge in [-0.15, -0.1) is 0 Å². The van der Waals surface area contributed by atoms with Crippen LogP contribution in [0, 0.1) is 5.82 Å². The molecule has 1 rings (SSSR count). The molecular formula is C8H5Br2FO2. The molecule has 2 nitrogen and oxygen atoms in total. The largest absolute Gasteiger partial charge is 0.465 e. The molecule has 0 heterocycles. The molecule has 0 aliphatic rings. The highest BCUT2D eigenvalue weighted by atomic mass is 79.9. The van der Waals surface area contributed by atoms with Crippen LogP contribution in [0.2, 0.25) is 0 Å². The van der Waals surface area contributed by atoms with Crippen LogP contribution < -0.4 is 0 Å². The van der Waals surface area contributed by atoms with Gasteiger partial charge in [0.15, 0.2) is 0 Å². The van der Waals surface area contributed by atoms with Crippen LogP contribution in [-0.2, 0) is 4.74 Å². The summed E-state index contributed by atoms with van der Waals surface area (Å²) in [6, 6.07) is 2.78. The van der Waals surface area contributed by atoms with Gasteiger partial charge >= 0.3 is 5.97 Å². The minimum Gasteiger partial charge on any atom is -0.465 e. The third-order valence-corrected chi connectivity index (χ3v) is 2.48. The first-order chi connectivity index (χ1) is 6.06. The molecule has 0 aromatic heterocycles. The lowest BCUT2D eigenvalue weighted by Gasteiger charge is -2.03. The van der Waals surface area contributed by atoms with E-state index < -0.39 is 11.8 Å². The Morgan fingerprint density at radius 3 is 2.54 bits per heavy atom. The molecule has 70 valence electrons. The van der Waals surface area contributed by atoms with Crippen LogP contribution in [0.5, 0.6) is 0 Å². The first-order valence-electron chi connectivity index (χ1n) is 3.29. The van der Waals surface area contributed by atoms with Gasteiger partial charge < -0.3 is 4.74 Å². The lowest BCUT2D eigenvalue weighted by molar-refractivity contribution is 0.0594. The Morgan fingerprint density at radius 1 is 1.46 bits per heavy atom. The second kappa shape index (κ2) is 4.19. The van der Waals surface area contributed by atoms with Crippen molar-refractivity contribution in [2.45, 2.75) is 0 Å². The molecule has 0 radical (unpaired) electrons. The summed E-state index contributed by atoms with van der Waals surface area (Å²) < 4.78 is 18.5. The van der Waals surface area contributed by atoms with Crippen molar-refractivity contribution in [2.75, 3.05) is 7.11 Å². The van der Waals surface area contributed by atoms with Gasteiger partial charge in [-0.1, -0.05) is 15.9 Å². The molecule has 0 unspecified atom stereocenters. The minimum absolute atomic E-state index is 0.0919. The van der Waals surface area contributed by atoms with Crippen LogP contribution in [0.3, 0.4) is 0 Å². The summed E-state index contributed by atoms with van der Waals surface area (Å²) in [5.41, 5.74) is -0.0919. The van der Waals surface area contributed by atoms with E-state index in [2.05, 4.69) is 36.6 Å². The van der Waals surface area contributed by atoms with Gasteiger partial charge in [0, 0.05) is 8.95 Å². The Balaban J connectivity index is 3.28. The molecule has 1 aromatic rings. The zero-order chi connectivity index (χ0) is 10.0. The highest BCUT2D eigenvalue weighted by Crippen LogP contribution is 2.25. The van der Waals surface area contributed by atoms with E-state index in [1.54, 1.807) is 6.07 Å². The fourth-order valence-electron chi connectivity index (χ4n) is 0.839. The SMILES string of the molecule is COC(=O)c1c(F)cc(Br)cc1Br. The lowest BCUT2D eigenvalue weighted by atomic mass is 10.2. The van der Waals surface area contributed by atoms with Gasteiger partial charge in [-0.3, -0.25) is 0 Å². The van der Waals surface area contributed by atoms with E-state index in [4.69, 9.17) is 0 Å². The summed E-state index contributed by atoms with van der Waals surface area (Å²) in [4.78, 5) is 11.1. The summed E-state index contributed by atoms with van der Waals surface area (Å²) in [7, 11) is 1.20. The molecule has 0 amide bonds. The minimum atomic E-state index is -0.697. The Labute approximate surface area is 91.3 Å². The van der Waals surface area contributed by atoms with E-state index in [0.29, 0.717) is 8.95 Å². The number of hydrogen-bond donors (Lipinski definition) is 0. The van der Waals surface area contributed by atoms with E-state index in [1.165, 1.54) is 13.2 Å². The van der Waals surface area contributed by atoms with Crippen LogP contribution in [0.25, 0.3) is 0 Å². The van der Waals surface area contributed by atoms with Gasteiger partial charge in [0.2, 0.25) is 0 Å². The predicted molar refractivity (Wildman–Crippen MR) is 53.1 cm³/mol. The topological polar surface area (TPSA) is 26.3 Å². The van der Waals surface area contributed by atoms with Crippen molar-refractivity contribution in [3.63, 3.8) is 0 Å². The number of carbonyl (C=O) groups is 1. The Morgan fingerprint density at radius 2 is 2.08 bits per heavy atom. The molecule has 1 aromatic carbocycles. The quantitative estimate of drug-likeness (QED) is 0.745. The van der Waals surface area contributed by atoms with Gasteiger partial charge in [-0.2, -0.15) is 0 Å². The van der Waals surface area contributed by atoms with Crippen LogP contribution in [0.4, 0.5) is 4.39 Å². The van der Waals surface area contributed by atoms with Gasteiger partial charge in [0.1, 0.15) is 11.4 Å². The van der Waals surface area contributed by atoms with Crippen molar-refractivity contribution >= 4 is 37.8 Å². The first-order valence-corrected chi connectivity index (χ1v) is 4.87. The molecule has 0 bridgehead atoms. The molecule has 0 spiro atoms. The molecule has 0 saturated heterocycles. The highest BCUT2D eigenvalue weighted by molar-refractivity contribution is 9.11. The Hall–Kier alpha value is -0.420. The predicted octanol–water partition coefficient (Wildman–Crippen LogP) is 3.14. The van der Waals surface area contributed by atoms with Gasteiger partial charge in [-0.25, -0.2) is 9.18 Å². The fourth-order valence-corrected chi connectivity index (χ4v) is 2.17. The van der Waals surface area contributed by atoms with Crippen molar-refractivity contribution in [1.29, 1.82) is 0 Å². The third kappa shape index (κ3) is 2.28. The number of carbonyl (C=O) groups excluding carboxylic acids is 1. The summed E-state index contributed by atoms with van der Waals surface area (Å²) in [6.07, 6.45) is 0. The summed E-state index contributed by atoms with van der Waals surface area (Å²) >= 11 is 6.16. The van der Waals surface area contributed by atoms with E-state index in [1.807, 2.05) is 0 Å². The number of esters is 1. The van der Waals surface area contributed by atoms with Gasteiger partial charge in [0.25, 0.3) is 0 Å². The Kier molecular flexibility index (Phi) is 3.44. The van der Waals surface area contributed by atoms with Crippen molar-refractivity contribution < 1.29 is 13.9 Å². The second-order valence-corrected chi connectivity index (χ2v) is 4.01. The normalized spacial score (nSPS) is 9.85. The maximum atomic E-state index is 13.2. The van der Waals surface area contributed by atoms with Gasteiger partial charge in [-0.05, 0) is 28.1 Å². The van der Waals surface area contributed by atoms with E-state index in [9.17, 15) is 9.18 Å². The zero-order valence-corrected chi connectivity index (χ0v) is 9.78. The second-order valence-electron chi connectivity index (χ2n) is 2.24. The number of ether oxygens (including phenoxy) is 1. The van der Waals surface area contributed by atoms with Crippen molar-refractivity contribution in [3.05, 3.63) is 32.5 Å². The average Bonchev–Trinajstić information content (AvgIpc) is 2.02. The average molecular weight is 312 g/mol.